The average molecular weight is 392 g/mol. The maximum atomic E-state index is 12.7. The van der Waals surface area contributed by atoms with Crippen molar-refractivity contribution in [2.75, 3.05) is 21.3 Å². The number of ether oxygens (including phenoxy) is 3. The summed E-state index contributed by atoms with van der Waals surface area (Å²) >= 11 is 7.43. The van der Waals surface area contributed by atoms with Crippen molar-refractivity contribution in [3.63, 3.8) is 0 Å². The van der Waals surface area contributed by atoms with E-state index in [4.69, 9.17) is 25.8 Å². The third-order valence-electron chi connectivity index (χ3n) is 3.88. The standard InChI is InChI=1S/C19H18ClNO4S/c1-23-13-6-11(7-14(9-13)24-2)10-21-19(22)18-17(25-3)15-8-12(20)4-5-16(15)26-18/h4-9H,10H2,1-3H3,(H,21,22). The van der Waals surface area contributed by atoms with Gasteiger partial charge in [-0.1, -0.05) is 11.6 Å². The summed E-state index contributed by atoms with van der Waals surface area (Å²) in [6.07, 6.45) is 0. The molecule has 0 aliphatic rings. The minimum absolute atomic E-state index is 0.207. The van der Waals surface area contributed by atoms with Gasteiger partial charge in [0.2, 0.25) is 0 Å². The Morgan fingerprint density at radius 1 is 1.04 bits per heavy atom. The second-order valence-electron chi connectivity index (χ2n) is 5.51. The molecule has 3 aromatic rings. The third kappa shape index (κ3) is 3.71. The average Bonchev–Trinajstić information content (AvgIpc) is 3.03. The number of hydrogen-bond donors (Lipinski definition) is 1. The van der Waals surface area contributed by atoms with Crippen LogP contribution in [-0.2, 0) is 6.54 Å². The molecule has 1 N–H and O–H groups in total. The molecule has 0 aliphatic heterocycles. The highest BCUT2D eigenvalue weighted by Crippen LogP contribution is 2.39. The first kappa shape index (κ1) is 18.4. The summed E-state index contributed by atoms with van der Waals surface area (Å²) in [4.78, 5) is 13.2. The van der Waals surface area contributed by atoms with E-state index in [2.05, 4.69) is 5.32 Å². The largest absolute Gasteiger partial charge is 0.497 e. The monoisotopic (exact) mass is 391 g/mol. The third-order valence-corrected chi connectivity index (χ3v) is 5.27. The lowest BCUT2D eigenvalue weighted by Gasteiger charge is -2.10. The molecule has 0 atom stereocenters. The molecule has 136 valence electrons. The molecule has 0 spiro atoms. The van der Waals surface area contributed by atoms with Crippen molar-refractivity contribution < 1.29 is 19.0 Å². The molecule has 2 aromatic carbocycles. The smallest absolute Gasteiger partial charge is 0.265 e. The Hall–Kier alpha value is -2.44. The van der Waals surface area contributed by atoms with Crippen molar-refractivity contribution in [2.24, 2.45) is 0 Å². The lowest BCUT2D eigenvalue weighted by atomic mass is 10.2. The zero-order valence-corrected chi connectivity index (χ0v) is 16.2. The predicted molar refractivity (Wildman–Crippen MR) is 104 cm³/mol. The highest BCUT2D eigenvalue weighted by Gasteiger charge is 2.19. The normalized spacial score (nSPS) is 10.6. The summed E-state index contributed by atoms with van der Waals surface area (Å²) in [5, 5.41) is 4.35. The zero-order chi connectivity index (χ0) is 18.7. The topological polar surface area (TPSA) is 56.8 Å². The molecule has 0 unspecified atom stereocenters. The predicted octanol–water partition coefficient (Wildman–Crippen LogP) is 4.51. The maximum Gasteiger partial charge on any atom is 0.265 e. The Kier molecular flexibility index (Phi) is 5.54. The number of amides is 1. The number of halogens is 1. The molecule has 0 aliphatic carbocycles. The zero-order valence-electron chi connectivity index (χ0n) is 14.6. The van der Waals surface area contributed by atoms with Crippen LogP contribution < -0.4 is 19.5 Å². The highest BCUT2D eigenvalue weighted by atomic mass is 35.5. The van der Waals surface area contributed by atoms with Gasteiger partial charge in [0.1, 0.15) is 22.1 Å². The van der Waals surface area contributed by atoms with Gasteiger partial charge in [-0.2, -0.15) is 0 Å². The van der Waals surface area contributed by atoms with E-state index in [1.807, 2.05) is 18.2 Å². The lowest BCUT2D eigenvalue weighted by molar-refractivity contribution is 0.0952. The Morgan fingerprint density at radius 3 is 2.35 bits per heavy atom. The molecule has 0 bridgehead atoms. The van der Waals surface area contributed by atoms with E-state index in [0.29, 0.717) is 33.7 Å². The van der Waals surface area contributed by atoms with Crippen LogP contribution in [0.3, 0.4) is 0 Å². The van der Waals surface area contributed by atoms with Crippen molar-refractivity contribution >= 4 is 38.9 Å². The van der Waals surface area contributed by atoms with Gasteiger partial charge in [-0.25, -0.2) is 0 Å². The Bertz CT molecular complexity index is 932. The molecule has 7 heteroatoms. The Balaban J connectivity index is 1.84. The van der Waals surface area contributed by atoms with Crippen molar-refractivity contribution in [3.8, 4) is 17.2 Å². The number of hydrogen-bond acceptors (Lipinski definition) is 5. The summed E-state index contributed by atoms with van der Waals surface area (Å²) in [6, 6.07) is 11.0. The van der Waals surface area contributed by atoms with Gasteiger partial charge in [-0.05, 0) is 35.9 Å². The number of methoxy groups -OCH3 is 3. The number of rotatable bonds is 6. The second-order valence-corrected chi connectivity index (χ2v) is 7.00. The van der Waals surface area contributed by atoms with Crippen LogP contribution in [0.1, 0.15) is 15.2 Å². The van der Waals surface area contributed by atoms with Crippen LogP contribution in [0.15, 0.2) is 36.4 Å². The van der Waals surface area contributed by atoms with Crippen molar-refractivity contribution in [3.05, 3.63) is 51.9 Å². The minimum atomic E-state index is -0.207. The number of fused-ring (bicyclic) bond motifs is 1. The summed E-state index contributed by atoms with van der Waals surface area (Å²) < 4.78 is 16.9. The molecule has 0 saturated heterocycles. The van der Waals surface area contributed by atoms with Crippen molar-refractivity contribution in [1.82, 2.24) is 5.32 Å². The number of carbonyl (C=O) groups excluding carboxylic acids is 1. The number of nitrogens with one attached hydrogen (secondary N) is 1. The lowest BCUT2D eigenvalue weighted by Crippen LogP contribution is -2.22. The summed E-state index contributed by atoms with van der Waals surface area (Å²) in [5.41, 5.74) is 0.873. The molecule has 3 rings (SSSR count). The van der Waals surface area contributed by atoms with E-state index in [0.717, 1.165) is 15.6 Å². The Morgan fingerprint density at radius 2 is 1.73 bits per heavy atom. The van der Waals surface area contributed by atoms with E-state index in [1.54, 1.807) is 39.5 Å². The fraction of sp³-hybridized carbons (Fsp3) is 0.211. The first-order chi connectivity index (χ1) is 12.5. The first-order valence-corrected chi connectivity index (χ1v) is 9.01. The van der Waals surface area contributed by atoms with E-state index in [-0.39, 0.29) is 5.91 Å². The minimum Gasteiger partial charge on any atom is -0.497 e. The molecule has 0 fully saturated rings. The van der Waals surface area contributed by atoms with Gasteiger partial charge >= 0.3 is 0 Å². The van der Waals surface area contributed by atoms with Crippen LogP contribution in [0.2, 0.25) is 5.02 Å². The van der Waals surface area contributed by atoms with Gasteiger partial charge in [0, 0.05) is 27.7 Å². The van der Waals surface area contributed by atoms with Gasteiger partial charge in [-0.15, -0.1) is 11.3 Å². The summed E-state index contributed by atoms with van der Waals surface area (Å²) in [5.74, 6) is 1.67. The fourth-order valence-electron chi connectivity index (χ4n) is 2.63. The van der Waals surface area contributed by atoms with E-state index in [1.165, 1.54) is 11.3 Å². The molecule has 26 heavy (non-hydrogen) atoms. The molecule has 1 heterocycles. The second kappa shape index (κ2) is 7.85. The van der Waals surface area contributed by atoms with Gasteiger partial charge < -0.3 is 19.5 Å². The molecule has 1 amide bonds. The van der Waals surface area contributed by atoms with Crippen LogP contribution in [0.4, 0.5) is 0 Å². The Labute approximate surface area is 160 Å². The van der Waals surface area contributed by atoms with E-state index < -0.39 is 0 Å². The van der Waals surface area contributed by atoms with Crippen LogP contribution >= 0.6 is 22.9 Å². The quantitative estimate of drug-likeness (QED) is 0.671. The molecule has 0 radical (unpaired) electrons. The van der Waals surface area contributed by atoms with Gasteiger partial charge in [-0.3, -0.25) is 4.79 Å². The highest BCUT2D eigenvalue weighted by molar-refractivity contribution is 7.21. The molecule has 1 aromatic heterocycles. The number of carbonyl (C=O) groups is 1. The SMILES string of the molecule is COc1cc(CNC(=O)c2sc3ccc(Cl)cc3c2OC)cc(OC)c1. The van der Waals surface area contributed by atoms with Gasteiger partial charge in [0.05, 0.1) is 21.3 Å². The molecular formula is C19H18ClNO4S. The number of benzene rings is 2. The van der Waals surface area contributed by atoms with E-state index in [9.17, 15) is 4.79 Å². The van der Waals surface area contributed by atoms with Crippen LogP contribution in [-0.4, -0.2) is 27.2 Å². The van der Waals surface area contributed by atoms with Crippen LogP contribution in [0, 0.1) is 0 Å². The molecule has 5 nitrogen and oxygen atoms in total. The van der Waals surface area contributed by atoms with Crippen molar-refractivity contribution in [2.45, 2.75) is 6.54 Å². The van der Waals surface area contributed by atoms with Gasteiger partial charge in [0.15, 0.2) is 0 Å². The molecular weight excluding hydrogens is 374 g/mol. The molecule has 0 saturated carbocycles. The fourth-order valence-corrected chi connectivity index (χ4v) is 3.87. The summed E-state index contributed by atoms with van der Waals surface area (Å²) in [7, 11) is 4.72. The number of thiophene rings is 1. The van der Waals surface area contributed by atoms with Crippen LogP contribution in [0.5, 0.6) is 17.2 Å². The summed E-state index contributed by atoms with van der Waals surface area (Å²) in [6.45, 7) is 0.338. The first-order valence-electron chi connectivity index (χ1n) is 7.82. The van der Waals surface area contributed by atoms with Gasteiger partial charge in [0.25, 0.3) is 5.91 Å². The van der Waals surface area contributed by atoms with E-state index >= 15 is 0 Å². The van der Waals surface area contributed by atoms with Crippen molar-refractivity contribution in [1.29, 1.82) is 0 Å². The van der Waals surface area contributed by atoms with Crippen LogP contribution in [0.25, 0.3) is 10.1 Å². The maximum absolute atomic E-state index is 12.7.